The third-order valence-corrected chi connectivity index (χ3v) is 5.28. The van der Waals surface area contributed by atoms with Crippen molar-refractivity contribution in [2.24, 2.45) is 5.73 Å². The van der Waals surface area contributed by atoms with E-state index in [4.69, 9.17) is 5.73 Å². The third-order valence-electron chi connectivity index (χ3n) is 5.28. The smallest absolute Gasteiger partial charge is 0.217 e. The van der Waals surface area contributed by atoms with Crippen LogP contribution in [0.5, 0.6) is 0 Å². The average molecular weight is 406 g/mol. The first-order chi connectivity index (χ1) is 14.0. The molecule has 0 bridgehead atoms. The molecule has 0 aliphatic rings. The first-order valence-corrected chi connectivity index (χ1v) is 11.9. The van der Waals surface area contributed by atoms with Gasteiger partial charge in [0, 0.05) is 6.42 Å². The monoisotopic (exact) mass is 405 g/mol. The maximum absolute atomic E-state index is 10.6. The van der Waals surface area contributed by atoms with Crippen molar-refractivity contribution in [2.45, 2.75) is 123 Å². The molecule has 1 aromatic rings. The SMILES string of the molecule is CCCCCCC(O)CCCCCCCCCCC(N)=O.Cc1cccc(C)c1. The summed E-state index contributed by atoms with van der Waals surface area (Å²) in [7, 11) is 0. The van der Waals surface area contributed by atoms with Crippen molar-refractivity contribution in [3.05, 3.63) is 35.4 Å². The van der Waals surface area contributed by atoms with Gasteiger partial charge in [0.15, 0.2) is 0 Å². The lowest BCUT2D eigenvalue weighted by atomic mass is 10.0. The molecule has 1 rings (SSSR count). The zero-order valence-electron chi connectivity index (χ0n) is 19.4. The van der Waals surface area contributed by atoms with E-state index in [1.807, 2.05) is 0 Å². The molecule has 1 atom stereocenters. The highest BCUT2D eigenvalue weighted by Gasteiger charge is 2.03. The number of rotatable bonds is 16. The predicted octanol–water partition coefficient (Wildman–Crippen LogP) is 7.01. The highest BCUT2D eigenvalue weighted by molar-refractivity contribution is 5.73. The van der Waals surface area contributed by atoms with Crippen LogP contribution in [-0.2, 0) is 4.79 Å². The molecule has 0 aromatic heterocycles. The Morgan fingerprint density at radius 1 is 0.828 bits per heavy atom. The summed E-state index contributed by atoms with van der Waals surface area (Å²) in [4.78, 5) is 10.6. The number of unbranched alkanes of at least 4 members (excludes halogenated alkanes) is 10. The Labute approximate surface area is 180 Å². The van der Waals surface area contributed by atoms with Crippen molar-refractivity contribution in [1.29, 1.82) is 0 Å². The van der Waals surface area contributed by atoms with E-state index in [-0.39, 0.29) is 12.0 Å². The Balaban J connectivity index is 0.000000807. The van der Waals surface area contributed by atoms with E-state index in [1.165, 1.54) is 68.9 Å². The van der Waals surface area contributed by atoms with Crippen molar-refractivity contribution >= 4 is 5.91 Å². The summed E-state index contributed by atoms with van der Waals surface area (Å²) < 4.78 is 0. The Kier molecular flexibility index (Phi) is 19.0. The topological polar surface area (TPSA) is 63.3 Å². The molecule has 0 saturated carbocycles. The zero-order chi connectivity index (χ0) is 21.7. The predicted molar refractivity (Wildman–Crippen MR) is 126 cm³/mol. The van der Waals surface area contributed by atoms with Crippen molar-refractivity contribution in [3.8, 4) is 0 Å². The van der Waals surface area contributed by atoms with Gasteiger partial charge in [0.1, 0.15) is 0 Å². The molecule has 3 heteroatoms. The summed E-state index contributed by atoms with van der Waals surface area (Å²) in [5.41, 5.74) is 7.77. The molecule has 0 aliphatic carbocycles. The molecule has 1 unspecified atom stereocenters. The van der Waals surface area contributed by atoms with Crippen molar-refractivity contribution in [1.82, 2.24) is 0 Å². The molecule has 0 fully saturated rings. The maximum Gasteiger partial charge on any atom is 0.217 e. The number of aryl methyl sites for hydroxylation is 2. The number of hydrogen-bond donors (Lipinski definition) is 2. The average Bonchev–Trinajstić information content (AvgIpc) is 2.67. The molecule has 0 spiro atoms. The Hall–Kier alpha value is -1.35. The van der Waals surface area contributed by atoms with Gasteiger partial charge in [-0.3, -0.25) is 4.79 Å². The lowest BCUT2D eigenvalue weighted by Gasteiger charge is -2.10. The van der Waals surface area contributed by atoms with E-state index in [1.54, 1.807) is 0 Å². The van der Waals surface area contributed by atoms with Crippen LogP contribution in [0.4, 0.5) is 0 Å². The van der Waals surface area contributed by atoms with Crippen LogP contribution in [-0.4, -0.2) is 17.1 Å². The molecule has 0 saturated heterocycles. The molecular weight excluding hydrogens is 358 g/mol. The molecule has 168 valence electrons. The summed E-state index contributed by atoms with van der Waals surface area (Å²) >= 11 is 0. The molecule has 0 aliphatic heterocycles. The number of carbonyl (C=O) groups excluding carboxylic acids is 1. The fraction of sp³-hybridized carbons (Fsp3) is 0.731. The van der Waals surface area contributed by atoms with E-state index in [0.717, 1.165) is 32.1 Å². The molecular formula is C26H47NO2. The lowest BCUT2D eigenvalue weighted by Crippen LogP contribution is -2.09. The van der Waals surface area contributed by atoms with Gasteiger partial charge in [0.25, 0.3) is 0 Å². The van der Waals surface area contributed by atoms with Crippen LogP contribution in [0, 0.1) is 13.8 Å². The van der Waals surface area contributed by atoms with E-state index in [2.05, 4.69) is 45.0 Å². The van der Waals surface area contributed by atoms with Crippen LogP contribution in [0.1, 0.15) is 114 Å². The third kappa shape index (κ3) is 21.2. The molecule has 3 N–H and O–H groups in total. The van der Waals surface area contributed by atoms with Crippen molar-refractivity contribution in [3.63, 3.8) is 0 Å². The van der Waals surface area contributed by atoms with Gasteiger partial charge >= 0.3 is 0 Å². The minimum atomic E-state index is -0.178. The Bertz CT molecular complexity index is 484. The first-order valence-electron chi connectivity index (χ1n) is 11.9. The first kappa shape index (κ1) is 27.6. The van der Waals surface area contributed by atoms with E-state index in [0.29, 0.717) is 6.42 Å². The van der Waals surface area contributed by atoms with E-state index >= 15 is 0 Å². The van der Waals surface area contributed by atoms with Crippen LogP contribution in [0.25, 0.3) is 0 Å². The largest absolute Gasteiger partial charge is 0.393 e. The van der Waals surface area contributed by atoms with E-state index < -0.39 is 0 Å². The van der Waals surface area contributed by atoms with Gasteiger partial charge in [-0.1, -0.05) is 113 Å². The summed E-state index contributed by atoms with van der Waals surface area (Å²) in [6, 6.07) is 8.45. The zero-order valence-corrected chi connectivity index (χ0v) is 19.4. The van der Waals surface area contributed by atoms with Gasteiger partial charge in [-0.05, 0) is 33.1 Å². The molecule has 3 nitrogen and oxygen atoms in total. The number of hydrogen-bond acceptors (Lipinski definition) is 2. The fourth-order valence-corrected chi connectivity index (χ4v) is 3.50. The summed E-state index contributed by atoms with van der Waals surface area (Å²) in [5, 5.41) is 9.86. The maximum atomic E-state index is 10.6. The Morgan fingerprint density at radius 2 is 1.28 bits per heavy atom. The molecule has 1 aromatic carbocycles. The summed E-state index contributed by atoms with van der Waals surface area (Å²) in [6.07, 6.45) is 16.9. The number of aliphatic hydroxyl groups excluding tert-OH is 1. The number of amides is 1. The van der Waals surface area contributed by atoms with Gasteiger partial charge in [0.2, 0.25) is 5.91 Å². The van der Waals surface area contributed by atoms with Crippen LogP contribution in [0.3, 0.4) is 0 Å². The minimum Gasteiger partial charge on any atom is -0.393 e. The second kappa shape index (κ2) is 19.9. The second-order valence-electron chi connectivity index (χ2n) is 8.49. The number of benzene rings is 1. The highest BCUT2D eigenvalue weighted by Crippen LogP contribution is 2.14. The van der Waals surface area contributed by atoms with Crippen molar-refractivity contribution in [2.75, 3.05) is 0 Å². The van der Waals surface area contributed by atoms with Crippen LogP contribution in [0.2, 0.25) is 0 Å². The lowest BCUT2D eigenvalue weighted by molar-refractivity contribution is -0.118. The number of nitrogens with two attached hydrogens (primary N) is 1. The van der Waals surface area contributed by atoms with Crippen LogP contribution < -0.4 is 5.73 Å². The van der Waals surface area contributed by atoms with Crippen molar-refractivity contribution < 1.29 is 9.90 Å². The molecule has 29 heavy (non-hydrogen) atoms. The van der Waals surface area contributed by atoms with Crippen LogP contribution >= 0.6 is 0 Å². The molecule has 0 heterocycles. The Morgan fingerprint density at radius 3 is 1.69 bits per heavy atom. The van der Waals surface area contributed by atoms with E-state index in [9.17, 15) is 9.90 Å². The number of primary amides is 1. The van der Waals surface area contributed by atoms with Crippen LogP contribution in [0.15, 0.2) is 24.3 Å². The quantitative estimate of drug-likeness (QED) is 0.291. The standard InChI is InChI=1S/C18H37NO2.C8H10/c1-2-3-4-11-14-17(20)15-12-9-7-5-6-8-10-13-16-18(19)21;1-7-4-3-5-8(2)6-7/h17,20H,2-16H2,1H3,(H2,19,21);3-6H,1-2H3. The normalized spacial score (nSPS) is 11.6. The van der Waals surface area contributed by atoms with Gasteiger partial charge in [-0.2, -0.15) is 0 Å². The number of carbonyl (C=O) groups is 1. The number of aliphatic hydroxyl groups is 1. The molecule has 0 radical (unpaired) electrons. The molecule has 1 amide bonds. The minimum absolute atomic E-state index is 0.0735. The summed E-state index contributed by atoms with van der Waals surface area (Å²) in [6.45, 7) is 6.42. The van der Waals surface area contributed by atoms with Gasteiger partial charge in [0.05, 0.1) is 6.10 Å². The van der Waals surface area contributed by atoms with Gasteiger partial charge < -0.3 is 10.8 Å². The summed E-state index contributed by atoms with van der Waals surface area (Å²) in [5.74, 6) is -0.178. The van der Waals surface area contributed by atoms with Gasteiger partial charge in [-0.15, -0.1) is 0 Å². The highest BCUT2D eigenvalue weighted by atomic mass is 16.3. The fourth-order valence-electron chi connectivity index (χ4n) is 3.50. The van der Waals surface area contributed by atoms with Gasteiger partial charge in [-0.25, -0.2) is 0 Å². The second-order valence-corrected chi connectivity index (χ2v) is 8.49.